The number of hydrogen-bond acceptors (Lipinski definition) is 2. The van der Waals surface area contributed by atoms with Gasteiger partial charge in [0, 0.05) is 10.7 Å². The highest BCUT2D eigenvalue weighted by Gasteiger charge is 2.15. The van der Waals surface area contributed by atoms with E-state index in [1.165, 1.54) is 0 Å². The molecule has 1 aromatic carbocycles. The van der Waals surface area contributed by atoms with Gasteiger partial charge in [-0.2, -0.15) is 5.26 Å². The van der Waals surface area contributed by atoms with Crippen LogP contribution in [0.3, 0.4) is 0 Å². The minimum atomic E-state index is -0.565. The van der Waals surface area contributed by atoms with Crippen LogP contribution < -0.4 is 5.32 Å². The van der Waals surface area contributed by atoms with Crippen molar-refractivity contribution in [2.45, 2.75) is 19.4 Å². The molecule has 1 aromatic rings. The Kier molecular flexibility index (Phi) is 2.79. The van der Waals surface area contributed by atoms with Gasteiger partial charge in [-0.25, -0.2) is 0 Å². The van der Waals surface area contributed by atoms with Gasteiger partial charge in [-0.1, -0.05) is 17.7 Å². The predicted octanol–water partition coefficient (Wildman–Crippen LogP) is 3.05. The summed E-state index contributed by atoms with van der Waals surface area (Å²) in [5.74, 6) is 0. The fourth-order valence-electron chi connectivity index (χ4n) is 0.955. The van der Waals surface area contributed by atoms with Gasteiger partial charge in [0.15, 0.2) is 0 Å². The second-order valence-electron chi connectivity index (χ2n) is 3.37. The maximum atomic E-state index is 8.78. The van der Waals surface area contributed by atoms with Crippen molar-refractivity contribution < 1.29 is 0 Å². The Morgan fingerprint density at radius 2 is 2.15 bits per heavy atom. The van der Waals surface area contributed by atoms with Crippen molar-refractivity contribution in [3.8, 4) is 6.07 Å². The van der Waals surface area contributed by atoms with Crippen molar-refractivity contribution in [1.82, 2.24) is 0 Å². The van der Waals surface area contributed by atoms with Gasteiger partial charge < -0.3 is 5.32 Å². The predicted molar refractivity (Wildman–Crippen MR) is 54.8 cm³/mol. The first kappa shape index (κ1) is 9.88. The van der Waals surface area contributed by atoms with Gasteiger partial charge in [0.25, 0.3) is 0 Å². The molecular weight excluding hydrogens is 184 g/mol. The van der Waals surface area contributed by atoms with Crippen LogP contribution in [0.1, 0.15) is 13.8 Å². The molecule has 68 valence electrons. The molecular formula is C10H11ClN2. The molecule has 0 unspecified atom stereocenters. The standard InChI is InChI=1S/C10H11ClN2/c1-10(2,7-12)13-9-5-3-4-8(11)6-9/h3-6,13H,1-2H3. The Balaban J connectivity index is 2.82. The van der Waals surface area contributed by atoms with E-state index in [-0.39, 0.29) is 0 Å². The first-order valence-electron chi connectivity index (χ1n) is 3.98. The molecule has 0 atom stereocenters. The summed E-state index contributed by atoms with van der Waals surface area (Å²) >= 11 is 5.79. The highest BCUT2D eigenvalue weighted by molar-refractivity contribution is 6.30. The summed E-state index contributed by atoms with van der Waals surface area (Å²) in [4.78, 5) is 0. The number of nitriles is 1. The van der Waals surface area contributed by atoms with Crippen molar-refractivity contribution in [3.05, 3.63) is 29.3 Å². The number of benzene rings is 1. The summed E-state index contributed by atoms with van der Waals surface area (Å²) in [6, 6.07) is 9.47. The first-order chi connectivity index (χ1) is 6.03. The van der Waals surface area contributed by atoms with E-state index in [1.807, 2.05) is 26.0 Å². The summed E-state index contributed by atoms with van der Waals surface area (Å²) in [5, 5.41) is 12.5. The van der Waals surface area contributed by atoms with Gasteiger partial charge in [0.05, 0.1) is 6.07 Å². The molecule has 0 amide bonds. The van der Waals surface area contributed by atoms with E-state index in [0.717, 1.165) is 5.69 Å². The third-order valence-corrected chi connectivity index (χ3v) is 1.80. The van der Waals surface area contributed by atoms with E-state index < -0.39 is 5.54 Å². The first-order valence-corrected chi connectivity index (χ1v) is 4.36. The van der Waals surface area contributed by atoms with Gasteiger partial charge in [0.1, 0.15) is 5.54 Å². The van der Waals surface area contributed by atoms with Crippen molar-refractivity contribution in [2.75, 3.05) is 5.32 Å². The Morgan fingerprint density at radius 3 is 2.69 bits per heavy atom. The van der Waals surface area contributed by atoms with Crippen LogP contribution in [0.4, 0.5) is 5.69 Å². The third-order valence-electron chi connectivity index (χ3n) is 1.56. The van der Waals surface area contributed by atoms with Crippen LogP contribution in [0.2, 0.25) is 5.02 Å². The Hall–Kier alpha value is -1.20. The molecule has 1 N–H and O–H groups in total. The topological polar surface area (TPSA) is 35.8 Å². The van der Waals surface area contributed by atoms with Crippen molar-refractivity contribution in [2.24, 2.45) is 0 Å². The molecule has 1 rings (SSSR count). The van der Waals surface area contributed by atoms with Crippen LogP contribution in [-0.4, -0.2) is 5.54 Å². The average molecular weight is 195 g/mol. The van der Waals surface area contributed by atoms with Gasteiger partial charge in [-0.15, -0.1) is 0 Å². The lowest BCUT2D eigenvalue weighted by molar-refractivity contribution is 0.729. The van der Waals surface area contributed by atoms with Crippen LogP contribution in [-0.2, 0) is 0 Å². The lowest BCUT2D eigenvalue weighted by Gasteiger charge is -2.18. The maximum absolute atomic E-state index is 8.78. The van der Waals surface area contributed by atoms with Crippen molar-refractivity contribution >= 4 is 17.3 Å². The van der Waals surface area contributed by atoms with Gasteiger partial charge in [-0.3, -0.25) is 0 Å². The van der Waals surface area contributed by atoms with E-state index in [2.05, 4.69) is 11.4 Å². The zero-order chi connectivity index (χ0) is 9.90. The van der Waals surface area contributed by atoms with E-state index in [9.17, 15) is 0 Å². The van der Waals surface area contributed by atoms with Crippen LogP contribution in [0, 0.1) is 11.3 Å². The molecule has 0 saturated carbocycles. The molecule has 0 spiro atoms. The van der Waals surface area contributed by atoms with E-state index in [1.54, 1.807) is 12.1 Å². The van der Waals surface area contributed by atoms with Crippen LogP contribution in [0.15, 0.2) is 24.3 Å². The van der Waals surface area contributed by atoms with Gasteiger partial charge >= 0.3 is 0 Å². The molecule has 0 fully saturated rings. The minimum absolute atomic E-state index is 0.565. The van der Waals surface area contributed by atoms with Crippen molar-refractivity contribution in [1.29, 1.82) is 5.26 Å². The Bertz CT molecular complexity index is 339. The summed E-state index contributed by atoms with van der Waals surface area (Å²) in [5.41, 5.74) is 0.295. The number of nitrogens with one attached hydrogen (secondary N) is 1. The molecule has 0 aliphatic heterocycles. The maximum Gasteiger partial charge on any atom is 0.119 e. The van der Waals surface area contributed by atoms with Gasteiger partial charge in [0.2, 0.25) is 0 Å². The number of rotatable bonds is 2. The van der Waals surface area contributed by atoms with E-state index in [0.29, 0.717) is 5.02 Å². The molecule has 2 nitrogen and oxygen atoms in total. The molecule has 0 saturated heterocycles. The molecule has 0 bridgehead atoms. The lowest BCUT2D eigenvalue weighted by atomic mass is 10.1. The average Bonchev–Trinajstić information content (AvgIpc) is 2.03. The van der Waals surface area contributed by atoms with Crippen molar-refractivity contribution in [3.63, 3.8) is 0 Å². The van der Waals surface area contributed by atoms with Crippen LogP contribution >= 0.6 is 11.6 Å². The summed E-state index contributed by atoms with van der Waals surface area (Å²) in [7, 11) is 0. The molecule has 3 heteroatoms. The quantitative estimate of drug-likeness (QED) is 0.786. The fraction of sp³-hybridized carbons (Fsp3) is 0.300. The zero-order valence-corrected chi connectivity index (χ0v) is 8.39. The van der Waals surface area contributed by atoms with E-state index in [4.69, 9.17) is 16.9 Å². The number of hydrogen-bond donors (Lipinski definition) is 1. The molecule has 0 radical (unpaired) electrons. The smallest absolute Gasteiger partial charge is 0.119 e. The summed E-state index contributed by atoms with van der Waals surface area (Å²) in [6.07, 6.45) is 0. The second kappa shape index (κ2) is 3.68. The highest BCUT2D eigenvalue weighted by Crippen LogP contribution is 2.18. The number of nitrogens with zero attached hydrogens (tertiary/aromatic N) is 1. The van der Waals surface area contributed by atoms with E-state index >= 15 is 0 Å². The normalized spacial score (nSPS) is 10.6. The second-order valence-corrected chi connectivity index (χ2v) is 3.81. The van der Waals surface area contributed by atoms with Crippen LogP contribution in [0.5, 0.6) is 0 Å². The lowest BCUT2D eigenvalue weighted by Crippen LogP contribution is -2.28. The Morgan fingerprint density at radius 1 is 1.46 bits per heavy atom. The monoisotopic (exact) mass is 194 g/mol. The molecule has 0 heterocycles. The summed E-state index contributed by atoms with van der Waals surface area (Å²) in [6.45, 7) is 3.63. The number of halogens is 1. The largest absolute Gasteiger partial charge is 0.368 e. The number of anilines is 1. The zero-order valence-electron chi connectivity index (χ0n) is 7.63. The van der Waals surface area contributed by atoms with Crippen LogP contribution in [0.25, 0.3) is 0 Å². The summed E-state index contributed by atoms with van der Waals surface area (Å²) < 4.78 is 0. The molecule has 0 aliphatic carbocycles. The SMILES string of the molecule is CC(C)(C#N)Nc1cccc(Cl)c1. The highest BCUT2D eigenvalue weighted by atomic mass is 35.5. The van der Waals surface area contributed by atoms with Gasteiger partial charge in [-0.05, 0) is 32.0 Å². The minimum Gasteiger partial charge on any atom is -0.368 e. The molecule has 13 heavy (non-hydrogen) atoms. The molecule has 0 aromatic heterocycles. The Labute approximate surface area is 83.1 Å². The fourth-order valence-corrected chi connectivity index (χ4v) is 1.15. The third kappa shape index (κ3) is 2.96. The molecule has 0 aliphatic rings.